The predicted octanol–water partition coefficient (Wildman–Crippen LogP) is 1.51. The minimum atomic E-state index is -3.13. The highest BCUT2D eigenvalue weighted by Crippen LogP contribution is 2.15. The number of hydrogen-bond acceptors (Lipinski definition) is 5. The maximum absolute atomic E-state index is 11.6. The molecule has 0 aliphatic carbocycles. The van der Waals surface area contributed by atoms with Crippen LogP contribution in [0.2, 0.25) is 0 Å². The number of anilines is 1. The summed E-state index contributed by atoms with van der Waals surface area (Å²) < 4.78 is 33.3. The summed E-state index contributed by atoms with van der Waals surface area (Å²) in [4.78, 5) is 0.339. The Morgan fingerprint density at radius 1 is 1.17 bits per heavy atom. The minimum absolute atomic E-state index is 0.106. The van der Waals surface area contributed by atoms with Crippen molar-refractivity contribution in [3.63, 3.8) is 0 Å². The molecule has 0 aromatic heterocycles. The SMILES string of the molecule is CCS(=O)(=O)c1ccc(NCC(OC)OC)cc1. The molecule has 0 bridgehead atoms. The summed E-state index contributed by atoms with van der Waals surface area (Å²) in [5.41, 5.74) is 0.823. The first kappa shape index (κ1) is 14.9. The van der Waals surface area contributed by atoms with Crippen molar-refractivity contribution >= 4 is 15.5 Å². The fourth-order valence-electron chi connectivity index (χ4n) is 1.41. The number of hydrogen-bond donors (Lipinski definition) is 1. The van der Waals surface area contributed by atoms with Crippen LogP contribution in [0, 0.1) is 0 Å². The van der Waals surface area contributed by atoms with E-state index in [0.717, 1.165) is 5.69 Å². The Balaban J connectivity index is 2.67. The number of rotatable bonds is 7. The number of sulfone groups is 1. The van der Waals surface area contributed by atoms with Crippen LogP contribution in [0.4, 0.5) is 5.69 Å². The van der Waals surface area contributed by atoms with Gasteiger partial charge in [0, 0.05) is 19.9 Å². The zero-order valence-electron chi connectivity index (χ0n) is 10.8. The van der Waals surface area contributed by atoms with Gasteiger partial charge in [-0.2, -0.15) is 0 Å². The van der Waals surface area contributed by atoms with Gasteiger partial charge in [-0.15, -0.1) is 0 Å². The molecule has 0 saturated heterocycles. The summed E-state index contributed by atoms with van der Waals surface area (Å²) >= 11 is 0. The molecular weight excluding hydrogens is 254 g/mol. The highest BCUT2D eigenvalue weighted by molar-refractivity contribution is 7.91. The van der Waals surface area contributed by atoms with Gasteiger partial charge < -0.3 is 14.8 Å². The Labute approximate surface area is 108 Å². The Kier molecular flexibility index (Phi) is 5.58. The smallest absolute Gasteiger partial charge is 0.178 e. The summed E-state index contributed by atoms with van der Waals surface area (Å²) in [6.45, 7) is 2.12. The molecule has 18 heavy (non-hydrogen) atoms. The van der Waals surface area contributed by atoms with Gasteiger partial charge in [-0.05, 0) is 24.3 Å². The fourth-order valence-corrected chi connectivity index (χ4v) is 2.29. The van der Waals surface area contributed by atoms with Gasteiger partial charge in [0.05, 0.1) is 17.2 Å². The average Bonchev–Trinajstić information content (AvgIpc) is 2.40. The molecule has 0 spiro atoms. The van der Waals surface area contributed by atoms with Crippen LogP contribution < -0.4 is 5.32 Å². The number of ether oxygens (including phenoxy) is 2. The molecule has 6 heteroatoms. The molecule has 1 rings (SSSR count). The molecule has 0 fully saturated rings. The van der Waals surface area contributed by atoms with Gasteiger partial charge in [0.1, 0.15) is 0 Å². The number of benzene rings is 1. The maximum Gasteiger partial charge on any atom is 0.178 e. The highest BCUT2D eigenvalue weighted by Gasteiger charge is 2.11. The second kappa shape index (κ2) is 6.72. The van der Waals surface area contributed by atoms with Crippen LogP contribution in [0.15, 0.2) is 29.2 Å². The first-order valence-corrected chi connectivity index (χ1v) is 7.31. The van der Waals surface area contributed by atoms with Crippen molar-refractivity contribution < 1.29 is 17.9 Å². The molecule has 102 valence electrons. The minimum Gasteiger partial charge on any atom is -0.380 e. The van der Waals surface area contributed by atoms with Crippen LogP contribution in [-0.4, -0.2) is 41.2 Å². The summed E-state index contributed by atoms with van der Waals surface area (Å²) in [6, 6.07) is 6.64. The van der Waals surface area contributed by atoms with Crippen LogP contribution in [0.1, 0.15) is 6.92 Å². The lowest BCUT2D eigenvalue weighted by molar-refractivity contribution is -0.0914. The van der Waals surface area contributed by atoms with E-state index in [1.165, 1.54) is 0 Å². The van der Waals surface area contributed by atoms with Crippen LogP contribution in [0.5, 0.6) is 0 Å². The molecule has 0 radical (unpaired) electrons. The molecule has 0 saturated carbocycles. The van der Waals surface area contributed by atoms with Gasteiger partial charge in [-0.1, -0.05) is 6.92 Å². The summed E-state index contributed by atoms with van der Waals surface area (Å²) in [6.07, 6.45) is -0.330. The second-order valence-electron chi connectivity index (χ2n) is 3.71. The molecule has 1 N–H and O–H groups in total. The Hall–Kier alpha value is -1.11. The van der Waals surface area contributed by atoms with Crippen molar-refractivity contribution in [2.45, 2.75) is 18.1 Å². The van der Waals surface area contributed by atoms with E-state index in [1.807, 2.05) is 0 Å². The maximum atomic E-state index is 11.6. The molecule has 0 heterocycles. The van der Waals surface area contributed by atoms with Gasteiger partial charge in [0.2, 0.25) is 0 Å². The van der Waals surface area contributed by atoms with Crippen LogP contribution in [-0.2, 0) is 19.3 Å². The van der Waals surface area contributed by atoms with Crippen LogP contribution in [0.25, 0.3) is 0 Å². The average molecular weight is 273 g/mol. The number of nitrogens with one attached hydrogen (secondary N) is 1. The topological polar surface area (TPSA) is 64.6 Å². The van der Waals surface area contributed by atoms with Crippen LogP contribution >= 0.6 is 0 Å². The first-order chi connectivity index (χ1) is 8.53. The van der Waals surface area contributed by atoms with Gasteiger partial charge in [-0.3, -0.25) is 0 Å². The largest absolute Gasteiger partial charge is 0.380 e. The zero-order valence-corrected chi connectivity index (χ0v) is 11.7. The predicted molar refractivity (Wildman–Crippen MR) is 70.5 cm³/mol. The van der Waals surface area contributed by atoms with Crippen molar-refractivity contribution in [1.29, 1.82) is 0 Å². The van der Waals surface area contributed by atoms with Crippen molar-refractivity contribution in [1.82, 2.24) is 0 Å². The lowest BCUT2D eigenvalue weighted by atomic mass is 10.3. The van der Waals surface area contributed by atoms with Gasteiger partial charge in [0.15, 0.2) is 16.1 Å². The van der Waals surface area contributed by atoms with Gasteiger partial charge in [-0.25, -0.2) is 8.42 Å². The monoisotopic (exact) mass is 273 g/mol. The third-order valence-electron chi connectivity index (χ3n) is 2.59. The first-order valence-electron chi connectivity index (χ1n) is 5.65. The van der Waals surface area contributed by atoms with E-state index in [4.69, 9.17) is 9.47 Å². The Morgan fingerprint density at radius 3 is 2.17 bits per heavy atom. The highest BCUT2D eigenvalue weighted by atomic mass is 32.2. The van der Waals surface area contributed by atoms with Gasteiger partial charge >= 0.3 is 0 Å². The van der Waals surface area contributed by atoms with E-state index in [2.05, 4.69) is 5.32 Å². The Bertz CT molecular complexity index is 451. The second-order valence-corrected chi connectivity index (χ2v) is 5.99. The molecule has 0 aliphatic heterocycles. The molecule has 1 aromatic rings. The van der Waals surface area contributed by atoms with Crippen LogP contribution in [0.3, 0.4) is 0 Å². The van der Waals surface area contributed by atoms with Crippen molar-refractivity contribution in [3.8, 4) is 0 Å². The lowest BCUT2D eigenvalue weighted by Gasteiger charge is -2.15. The molecule has 0 amide bonds. The lowest BCUT2D eigenvalue weighted by Crippen LogP contribution is -2.23. The standard InChI is InChI=1S/C12H19NO4S/c1-4-18(14,15)11-7-5-10(6-8-11)13-9-12(16-2)17-3/h5-8,12-13H,4,9H2,1-3H3. The third kappa shape index (κ3) is 3.97. The van der Waals surface area contributed by atoms with E-state index >= 15 is 0 Å². The summed E-state index contributed by atoms with van der Waals surface area (Å²) in [7, 11) is -0.00817. The van der Waals surface area contributed by atoms with E-state index < -0.39 is 9.84 Å². The van der Waals surface area contributed by atoms with E-state index in [0.29, 0.717) is 11.4 Å². The number of methoxy groups -OCH3 is 2. The van der Waals surface area contributed by atoms with Crippen molar-refractivity contribution in [2.75, 3.05) is 31.8 Å². The normalized spacial score (nSPS) is 11.8. The summed E-state index contributed by atoms with van der Waals surface area (Å²) in [5, 5.41) is 3.10. The molecule has 5 nitrogen and oxygen atoms in total. The summed E-state index contributed by atoms with van der Waals surface area (Å²) in [5.74, 6) is 0.106. The molecule has 1 aromatic carbocycles. The van der Waals surface area contributed by atoms with Crippen molar-refractivity contribution in [3.05, 3.63) is 24.3 Å². The van der Waals surface area contributed by atoms with Gasteiger partial charge in [0.25, 0.3) is 0 Å². The van der Waals surface area contributed by atoms with E-state index in [1.54, 1.807) is 45.4 Å². The van der Waals surface area contributed by atoms with E-state index in [-0.39, 0.29) is 12.0 Å². The van der Waals surface area contributed by atoms with Crippen molar-refractivity contribution in [2.24, 2.45) is 0 Å². The quantitative estimate of drug-likeness (QED) is 0.763. The third-order valence-corrected chi connectivity index (χ3v) is 4.34. The Morgan fingerprint density at radius 2 is 1.72 bits per heavy atom. The molecule has 0 unspecified atom stereocenters. The molecule has 0 aliphatic rings. The zero-order chi connectivity index (χ0) is 13.6. The molecule has 0 atom stereocenters. The fraction of sp³-hybridized carbons (Fsp3) is 0.500. The molecular formula is C12H19NO4S. The van der Waals surface area contributed by atoms with E-state index in [9.17, 15) is 8.42 Å².